The Bertz CT molecular complexity index is 644. The van der Waals surface area contributed by atoms with E-state index in [1.54, 1.807) is 0 Å². The van der Waals surface area contributed by atoms with Gasteiger partial charge in [0, 0.05) is 0 Å². The molecule has 184 valence electrons. The number of amides is 4. The smallest absolute Gasteiger partial charge is 0.326 e. The number of rotatable bonds is 17. The van der Waals surface area contributed by atoms with Crippen LogP contribution in [0.15, 0.2) is 0 Å². The van der Waals surface area contributed by atoms with Gasteiger partial charge in [-0.2, -0.15) is 0 Å². The summed E-state index contributed by atoms with van der Waals surface area (Å²) >= 11 is 0. The summed E-state index contributed by atoms with van der Waals surface area (Å²) in [7, 11) is 0. The first kappa shape index (κ1) is 29.2. The summed E-state index contributed by atoms with van der Waals surface area (Å²) in [6, 6.07) is -4.43. The van der Waals surface area contributed by atoms with Crippen molar-refractivity contribution in [3.8, 4) is 0 Å². The maximum atomic E-state index is 12.8. The Hall–Kier alpha value is -2.77. The van der Waals surface area contributed by atoms with Gasteiger partial charge >= 0.3 is 5.97 Å². The van der Waals surface area contributed by atoms with E-state index in [2.05, 4.69) is 16.0 Å². The third-order valence-electron chi connectivity index (χ3n) is 4.59. The van der Waals surface area contributed by atoms with Crippen LogP contribution < -0.4 is 38.9 Å². The van der Waals surface area contributed by atoms with Gasteiger partial charge in [-0.15, -0.1) is 0 Å². The summed E-state index contributed by atoms with van der Waals surface area (Å²) in [6.07, 6.45) is 2.09. The molecule has 12 N–H and O–H groups in total. The highest BCUT2D eigenvalue weighted by Crippen LogP contribution is 2.06. The number of hydrogen-bond acceptors (Lipinski definition) is 8. The second-order valence-electron chi connectivity index (χ2n) is 7.55. The van der Waals surface area contributed by atoms with Gasteiger partial charge in [-0.25, -0.2) is 4.79 Å². The van der Waals surface area contributed by atoms with Gasteiger partial charge in [-0.1, -0.05) is 0 Å². The number of carboxylic acid groups (broad SMARTS) is 1. The van der Waals surface area contributed by atoms with Crippen molar-refractivity contribution in [3.05, 3.63) is 0 Å². The lowest BCUT2D eigenvalue weighted by molar-refractivity contribution is -0.143. The Morgan fingerprint density at radius 2 is 1.16 bits per heavy atom. The minimum atomic E-state index is -1.54. The summed E-state index contributed by atoms with van der Waals surface area (Å²) in [5.41, 5.74) is 21.6. The van der Waals surface area contributed by atoms with Gasteiger partial charge in [0.2, 0.25) is 23.6 Å². The number of carbonyl (C=O) groups excluding carboxylic acids is 4. The Labute approximate surface area is 187 Å². The Balaban J connectivity index is 5.42. The molecule has 0 heterocycles. The van der Waals surface area contributed by atoms with E-state index < -0.39 is 60.2 Å². The molecule has 0 rings (SSSR count). The van der Waals surface area contributed by atoms with Crippen molar-refractivity contribution in [1.82, 2.24) is 16.0 Å². The lowest BCUT2D eigenvalue weighted by Gasteiger charge is -2.25. The van der Waals surface area contributed by atoms with E-state index in [1.807, 2.05) is 0 Å². The van der Waals surface area contributed by atoms with Gasteiger partial charge in [-0.3, -0.25) is 19.2 Å². The van der Waals surface area contributed by atoms with E-state index in [1.165, 1.54) is 6.92 Å². The third-order valence-corrected chi connectivity index (χ3v) is 4.59. The molecule has 0 spiro atoms. The quantitative estimate of drug-likeness (QED) is 0.103. The van der Waals surface area contributed by atoms with Gasteiger partial charge in [0.25, 0.3) is 0 Å². The average molecular weight is 460 g/mol. The van der Waals surface area contributed by atoms with Crippen LogP contribution >= 0.6 is 0 Å². The number of carboxylic acids is 1. The first-order valence-corrected chi connectivity index (χ1v) is 10.6. The van der Waals surface area contributed by atoms with Crippen LogP contribution in [0.1, 0.15) is 51.9 Å². The molecule has 0 bridgehead atoms. The molecular weight excluding hydrogens is 422 g/mol. The Kier molecular flexibility index (Phi) is 14.6. The minimum absolute atomic E-state index is 0.175. The Morgan fingerprint density at radius 1 is 0.750 bits per heavy atom. The SMILES string of the molecule is CC(N)C(=O)NC(CCCCN)C(=O)NC(CCCCN)C(=O)NC(CC(N)=O)C(=O)O. The van der Waals surface area contributed by atoms with Gasteiger partial charge in [0.15, 0.2) is 0 Å². The fraction of sp³-hybridized carbons (Fsp3) is 0.737. The molecule has 4 unspecified atom stereocenters. The molecule has 0 aliphatic heterocycles. The standard InChI is InChI=1S/C19H37N7O6/c1-11(22)16(28)24-12(6-2-4-8-20)17(29)25-13(7-3-5-9-21)18(30)26-14(19(31)32)10-15(23)27/h11-14H,2-10,20-22H2,1H3,(H2,23,27)(H,24,28)(H,25,29)(H,26,30)(H,31,32). The summed E-state index contributed by atoms with van der Waals surface area (Å²) in [4.78, 5) is 59.9. The number of hydrogen-bond donors (Lipinski definition) is 8. The summed E-state index contributed by atoms with van der Waals surface area (Å²) < 4.78 is 0. The van der Waals surface area contributed by atoms with Crippen molar-refractivity contribution < 1.29 is 29.1 Å². The average Bonchev–Trinajstić information content (AvgIpc) is 2.71. The van der Waals surface area contributed by atoms with E-state index in [-0.39, 0.29) is 12.8 Å². The van der Waals surface area contributed by atoms with Crippen molar-refractivity contribution >= 4 is 29.6 Å². The summed E-state index contributed by atoms with van der Waals surface area (Å²) in [5, 5.41) is 16.5. The van der Waals surface area contributed by atoms with Crippen molar-refractivity contribution in [2.24, 2.45) is 22.9 Å². The fourth-order valence-electron chi connectivity index (χ4n) is 2.77. The van der Waals surface area contributed by atoms with Gasteiger partial charge in [0.1, 0.15) is 18.1 Å². The zero-order chi connectivity index (χ0) is 24.7. The molecule has 0 aromatic rings. The van der Waals surface area contributed by atoms with Crippen LogP contribution in [0.25, 0.3) is 0 Å². The molecule has 0 saturated carbocycles. The molecule has 0 saturated heterocycles. The molecule has 0 aromatic heterocycles. The maximum absolute atomic E-state index is 12.8. The van der Waals surface area contributed by atoms with E-state index >= 15 is 0 Å². The van der Waals surface area contributed by atoms with Crippen LogP contribution in [-0.2, 0) is 24.0 Å². The van der Waals surface area contributed by atoms with Crippen LogP contribution in [0.2, 0.25) is 0 Å². The highest BCUT2D eigenvalue weighted by Gasteiger charge is 2.30. The van der Waals surface area contributed by atoms with Crippen LogP contribution in [0.5, 0.6) is 0 Å². The van der Waals surface area contributed by atoms with Gasteiger partial charge < -0.3 is 44.0 Å². The van der Waals surface area contributed by atoms with Crippen molar-refractivity contribution in [2.75, 3.05) is 13.1 Å². The number of nitrogens with two attached hydrogens (primary N) is 4. The highest BCUT2D eigenvalue weighted by atomic mass is 16.4. The predicted molar refractivity (Wildman–Crippen MR) is 117 cm³/mol. The molecule has 4 amide bonds. The van der Waals surface area contributed by atoms with Crippen LogP contribution in [0.3, 0.4) is 0 Å². The van der Waals surface area contributed by atoms with Gasteiger partial charge in [0.05, 0.1) is 12.5 Å². The minimum Gasteiger partial charge on any atom is -0.480 e. The van der Waals surface area contributed by atoms with E-state index in [4.69, 9.17) is 22.9 Å². The lowest BCUT2D eigenvalue weighted by atomic mass is 10.0. The van der Waals surface area contributed by atoms with E-state index in [9.17, 15) is 29.1 Å². The van der Waals surface area contributed by atoms with Crippen molar-refractivity contribution in [2.45, 2.75) is 76.0 Å². The third kappa shape index (κ3) is 12.2. The highest BCUT2D eigenvalue weighted by molar-refractivity contribution is 5.94. The summed E-state index contributed by atoms with van der Waals surface area (Å²) in [6.45, 7) is 2.25. The zero-order valence-corrected chi connectivity index (χ0v) is 18.5. The molecular formula is C19H37N7O6. The zero-order valence-electron chi connectivity index (χ0n) is 18.5. The molecule has 13 nitrogen and oxygen atoms in total. The number of aliphatic carboxylic acids is 1. The lowest BCUT2D eigenvalue weighted by Crippen LogP contribution is -2.57. The molecule has 0 fully saturated rings. The van der Waals surface area contributed by atoms with E-state index in [0.29, 0.717) is 38.8 Å². The number of unbranched alkanes of at least 4 members (excludes halogenated alkanes) is 2. The Morgan fingerprint density at radius 3 is 1.50 bits per heavy atom. The molecule has 0 aromatic carbocycles. The van der Waals surface area contributed by atoms with Gasteiger partial charge in [-0.05, 0) is 58.5 Å². The monoisotopic (exact) mass is 459 g/mol. The van der Waals surface area contributed by atoms with Crippen LogP contribution in [-0.4, -0.2) is 72.0 Å². The fourth-order valence-corrected chi connectivity index (χ4v) is 2.77. The maximum Gasteiger partial charge on any atom is 0.326 e. The molecule has 0 radical (unpaired) electrons. The first-order valence-electron chi connectivity index (χ1n) is 10.6. The first-order chi connectivity index (χ1) is 15.0. The van der Waals surface area contributed by atoms with E-state index in [0.717, 1.165) is 0 Å². The number of primary amides is 1. The molecule has 13 heteroatoms. The molecule has 0 aliphatic rings. The second-order valence-corrected chi connectivity index (χ2v) is 7.55. The van der Waals surface area contributed by atoms with Crippen molar-refractivity contribution in [1.29, 1.82) is 0 Å². The predicted octanol–water partition coefficient (Wildman–Crippen LogP) is -2.99. The molecule has 4 atom stereocenters. The molecule has 0 aliphatic carbocycles. The van der Waals surface area contributed by atoms with Crippen LogP contribution in [0.4, 0.5) is 0 Å². The number of carbonyl (C=O) groups is 5. The second kappa shape index (κ2) is 15.9. The van der Waals surface area contributed by atoms with Crippen LogP contribution in [0, 0.1) is 0 Å². The largest absolute Gasteiger partial charge is 0.480 e. The summed E-state index contributed by atoms with van der Waals surface area (Å²) in [5.74, 6) is -4.28. The number of nitrogens with one attached hydrogen (secondary N) is 3. The normalized spacial score (nSPS) is 14.5. The topological polar surface area (TPSA) is 246 Å². The van der Waals surface area contributed by atoms with Crippen molar-refractivity contribution in [3.63, 3.8) is 0 Å². The molecule has 32 heavy (non-hydrogen) atoms.